The molecule has 0 radical (unpaired) electrons. The summed E-state index contributed by atoms with van der Waals surface area (Å²) in [7, 11) is 0. The molecule has 1 unspecified atom stereocenters. The number of nitrogens with zero attached hydrogens (tertiary/aromatic N) is 3. The molecule has 25 heavy (non-hydrogen) atoms. The first kappa shape index (κ1) is 17.6. The Bertz CT molecular complexity index is 813. The second-order valence-corrected chi connectivity index (χ2v) is 7.58. The van der Waals surface area contributed by atoms with E-state index in [1.54, 1.807) is 11.3 Å². The monoisotopic (exact) mass is 357 g/mol. The van der Waals surface area contributed by atoms with Crippen molar-refractivity contribution in [2.45, 2.75) is 46.6 Å². The lowest BCUT2D eigenvalue weighted by atomic mass is 9.96. The molecule has 6 heteroatoms. The van der Waals surface area contributed by atoms with E-state index in [4.69, 9.17) is 4.84 Å². The molecule has 1 aliphatic heterocycles. The van der Waals surface area contributed by atoms with Crippen LogP contribution in [0.4, 0.5) is 5.69 Å². The summed E-state index contributed by atoms with van der Waals surface area (Å²) in [6, 6.07) is 8.24. The highest BCUT2D eigenvalue weighted by molar-refractivity contribution is 7.13. The third kappa shape index (κ3) is 3.74. The van der Waals surface area contributed by atoms with Gasteiger partial charge >= 0.3 is 0 Å². The number of thiazole rings is 1. The third-order valence-electron chi connectivity index (χ3n) is 4.41. The number of aryl methyl sites for hydroxylation is 3. The van der Waals surface area contributed by atoms with Crippen LogP contribution >= 0.6 is 11.3 Å². The van der Waals surface area contributed by atoms with E-state index in [0.717, 1.165) is 39.8 Å². The fourth-order valence-electron chi connectivity index (χ4n) is 3.23. The fraction of sp³-hybridized carbons (Fsp3) is 0.421. The molecular weight excluding hydrogens is 334 g/mol. The lowest BCUT2D eigenvalue weighted by molar-refractivity contribution is -0.123. The Hall–Kier alpha value is -2.21. The van der Waals surface area contributed by atoms with Gasteiger partial charge in [0.25, 0.3) is 5.91 Å². The first-order valence-corrected chi connectivity index (χ1v) is 9.30. The van der Waals surface area contributed by atoms with E-state index in [-0.39, 0.29) is 18.6 Å². The molecule has 1 aromatic heterocycles. The van der Waals surface area contributed by atoms with Gasteiger partial charge in [0.15, 0.2) is 6.61 Å². The molecule has 0 spiro atoms. The van der Waals surface area contributed by atoms with Crippen molar-refractivity contribution >= 4 is 28.6 Å². The summed E-state index contributed by atoms with van der Waals surface area (Å²) in [6.45, 7) is 7.81. The number of amides is 1. The summed E-state index contributed by atoms with van der Waals surface area (Å²) in [5.74, 6) is -0.0617. The highest BCUT2D eigenvalue weighted by Gasteiger charge is 2.28. The van der Waals surface area contributed by atoms with Gasteiger partial charge in [-0.25, -0.2) is 4.98 Å². The summed E-state index contributed by atoms with van der Waals surface area (Å²) >= 11 is 1.58. The lowest BCUT2D eigenvalue weighted by Gasteiger charge is -2.34. The molecule has 132 valence electrons. The van der Waals surface area contributed by atoms with Crippen LogP contribution in [0, 0.1) is 13.8 Å². The van der Waals surface area contributed by atoms with Crippen LogP contribution in [-0.2, 0) is 16.1 Å². The summed E-state index contributed by atoms with van der Waals surface area (Å²) in [4.78, 5) is 25.3. The Morgan fingerprint density at radius 3 is 2.88 bits per heavy atom. The number of aromatic nitrogens is 1. The number of rotatable bonds is 4. The van der Waals surface area contributed by atoms with Crippen molar-refractivity contribution in [1.29, 1.82) is 0 Å². The number of para-hydroxylation sites is 1. The summed E-state index contributed by atoms with van der Waals surface area (Å²) < 4.78 is 0. The zero-order chi connectivity index (χ0) is 18.0. The molecule has 0 fully saturated rings. The molecule has 2 aromatic rings. The largest absolute Gasteiger partial charge is 0.385 e. The van der Waals surface area contributed by atoms with Gasteiger partial charge in [-0.3, -0.25) is 4.79 Å². The van der Waals surface area contributed by atoms with E-state index >= 15 is 0 Å². The summed E-state index contributed by atoms with van der Waals surface area (Å²) in [5.41, 5.74) is 3.90. The standard InChI is InChI=1S/C19H23N3O2S/c1-12-9-10-16-7-5-6-8-17(16)22(12)18(23)11-24-21-14(3)19-13(2)20-15(4)25-19/h5-8,12H,9-11H2,1-4H3/b21-14+. The summed E-state index contributed by atoms with van der Waals surface area (Å²) in [5, 5.41) is 5.12. The van der Waals surface area contributed by atoms with Gasteiger partial charge in [-0.2, -0.15) is 0 Å². The fourth-order valence-corrected chi connectivity index (χ4v) is 4.09. The Balaban J connectivity index is 1.69. The van der Waals surface area contributed by atoms with Gasteiger partial charge in [-0.05, 0) is 52.2 Å². The van der Waals surface area contributed by atoms with E-state index in [2.05, 4.69) is 23.1 Å². The number of fused-ring (bicyclic) bond motifs is 1. The lowest BCUT2D eigenvalue weighted by Crippen LogP contribution is -2.43. The number of oxime groups is 1. The van der Waals surface area contributed by atoms with Gasteiger partial charge in [0, 0.05) is 11.7 Å². The van der Waals surface area contributed by atoms with Crippen LogP contribution in [0.15, 0.2) is 29.4 Å². The van der Waals surface area contributed by atoms with Gasteiger partial charge < -0.3 is 9.74 Å². The SMILES string of the molecule is C/C(=N\OCC(=O)N1c2ccccc2CCC1C)c1sc(C)nc1C. The van der Waals surface area contributed by atoms with Crippen LogP contribution in [0.1, 0.15) is 41.4 Å². The van der Waals surface area contributed by atoms with E-state index < -0.39 is 0 Å². The second-order valence-electron chi connectivity index (χ2n) is 6.38. The van der Waals surface area contributed by atoms with Gasteiger partial charge in [-0.15, -0.1) is 11.3 Å². The van der Waals surface area contributed by atoms with Crippen LogP contribution < -0.4 is 4.90 Å². The Labute approximate surface area is 152 Å². The number of benzene rings is 1. The highest BCUT2D eigenvalue weighted by Crippen LogP contribution is 2.30. The minimum absolute atomic E-state index is 0.0617. The van der Waals surface area contributed by atoms with Gasteiger partial charge in [0.05, 0.1) is 21.3 Å². The molecule has 0 saturated carbocycles. The maximum absolute atomic E-state index is 12.7. The van der Waals surface area contributed by atoms with Crippen LogP contribution in [-0.4, -0.2) is 29.3 Å². The van der Waals surface area contributed by atoms with Crippen LogP contribution in [0.5, 0.6) is 0 Å². The van der Waals surface area contributed by atoms with Crippen LogP contribution in [0.25, 0.3) is 0 Å². The van der Waals surface area contributed by atoms with E-state index in [9.17, 15) is 4.79 Å². The average Bonchev–Trinajstić information content (AvgIpc) is 2.93. The molecule has 1 amide bonds. The normalized spacial score (nSPS) is 17.4. The van der Waals surface area contributed by atoms with Crippen molar-refractivity contribution < 1.29 is 9.63 Å². The van der Waals surface area contributed by atoms with Crippen molar-refractivity contribution in [3.63, 3.8) is 0 Å². The topological polar surface area (TPSA) is 54.8 Å². The number of hydrogen-bond acceptors (Lipinski definition) is 5. The van der Waals surface area contributed by atoms with E-state index in [1.807, 2.05) is 43.9 Å². The Kier molecular flexibility index (Phi) is 5.18. The quantitative estimate of drug-likeness (QED) is 0.616. The molecule has 2 heterocycles. The van der Waals surface area contributed by atoms with Crippen LogP contribution in [0.3, 0.4) is 0 Å². The molecule has 1 atom stereocenters. The molecule has 5 nitrogen and oxygen atoms in total. The van der Waals surface area contributed by atoms with Gasteiger partial charge in [-0.1, -0.05) is 23.4 Å². The molecule has 0 aliphatic carbocycles. The number of carbonyl (C=O) groups excluding carboxylic acids is 1. The molecule has 0 bridgehead atoms. The second kappa shape index (κ2) is 7.35. The number of carbonyl (C=O) groups is 1. The zero-order valence-electron chi connectivity index (χ0n) is 15.1. The predicted molar refractivity (Wildman–Crippen MR) is 101 cm³/mol. The minimum atomic E-state index is -0.0627. The number of hydrogen-bond donors (Lipinski definition) is 0. The third-order valence-corrected chi connectivity index (χ3v) is 5.60. The van der Waals surface area contributed by atoms with Crippen molar-refractivity contribution in [2.75, 3.05) is 11.5 Å². The molecule has 1 aliphatic rings. The molecule has 1 aromatic carbocycles. The molecule has 0 saturated heterocycles. The Morgan fingerprint density at radius 1 is 1.40 bits per heavy atom. The minimum Gasteiger partial charge on any atom is -0.385 e. The van der Waals surface area contributed by atoms with Crippen molar-refractivity contribution in [3.05, 3.63) is 45.4 Å². The average molecular weight is 357 g/mol. The van der Waals surface area contributed by atoms with Crippen LogP contribution in [0.2, 0.25) is 0 Å². The summed E-state index contributed by atoms with van der Waals surface area (Å²) in [6.07, 6.45) is 1.97. The molecular formula is C19H23N3O2S. The van der Waals surface area contributed by atoms with Gasteiger partial charge in [0.1, 0.15) is 0 Å². The zero-order valence-corrected chi connectivity index (χ0v) is 15.9. The molecule has 0 N–H and O–H groups in total. The van der Waals surface area contributed by atoms with Gasteiger partial charge in [0.2, 0.25) is 0 Å². The van der Waals surface area contributed by atoms with Crippen molar-refractivity contribution in [1.82, 2.24) is 4.98 Å². The van der Waals surface area contributed by atoms with E-state index in [0.29, 0.717) is 0 Å². The van der Waals surface area contributed by atoms with Crippen molar-refractivity contribution in [3.8, 4) is 0 Å². The predicted octanol–water partition coefficient (Wildman–Crippen LogP) is 3.87. The Morgan fingerprint density at radius 2 is 2.16 bits per heavy atom. The maximum atomic E-state index is 12.7. The number of anilines is 1. The smallest absolute Gasteiger partial charge is 0.268 e. The maximum Gasteiger partial charge on any atom is 0.268 e. The molecule has 3 rings (SSSR count). The first-order valence-electron chi connectivity index (χ1n) is 8.48. The first-order chi connectivity index (χ1) is 12.0. The highest BCUT2D eigenvalue weighted by atomic mass is 32.1. The van der Waals surface area contributed by atoms with E-state index in [1.165, 1.54) is 5.56 Å². The van der Waals surface area contributed by atoms with Crippen molar-refractivity contribution in [2.24, 2.45) is 5.16 Å².